The van der Waals surface area contributed by atoms with Gasteiger partial charge >= 0.3 is 0 Å². The fraction of sp³-hybridized carbons (Fsp3) is 0.647. The van der Waals surface area contributed by atoms with Gasteiger partial charge in [0.15, 0.2) is 0 Å². The molecular formula is C17H25NO2. The number of aliphatic hydroxyl groups is 1. The highest BCUT2D eigenvalue weighted by molar-refractivity contribution is 5.35. The second kappa shape index (κ2) is 5.38. The Morgan fingerprint density at radius 1 is 1.30 bits per heavy atom. The number of likely N-dealkylation sites (tertiary alicyclic amines) is 1. The van der Waals surface area contributed by atoms with Crippen LogP contribution in [0.15, 0.2) is 18.2 Å². The molecule has 110 valence electrons. The average Bonchev–Trinajstić information content (AvgIpc) is 2.43. The summed E-state index contributed by atoms with van der Waals surface area (Å²) in [6.07, 6.45) is 5.42. The quantitative estimate of drug-likeness (QED) is 0.872. The van der Waals surface area contributed by atoms with Crippen molar-refractivity contribution in [1.82, 2.24) is 4.90 Å². The van der Waals surface area contributed by atoms with E-state index in [0.717, 1.165) is 44.5 Å². The van der Waals surface area contributed by atoms with E-state index in [-0.39, 0.29) is 0 Å². The van der Waals surface area contributed by atoms with E-state index < -0.39 is 5.60 Å². The molecule has 0 amide bonds. The topological polar surface area (TPSA) is 43.7 Å². The molecule has 1 aromatic rings. The number of phenols is 1. The zero-order valence-electron chi connectivity index (χ0n) is 12.3. The first-order chi connectivity index (χ1) is 9.57. The Hall–Kier alpha value is -1.06. The summed E-state index contributed by atoms with van der Waals surface area (Å²) in [7, 11) is 0. The van der Waals surface area contributed by atoms with E-state index in [1.807, 2.05) is 6.07 Å². The Balaban J connectivity index is 1.69. The maximum atomic E-state index is 10.7. The minimum atomic E-state index is -0.413. The number of hydrogen-bond acceptors (Lipinski definition) is 3. The van der Waals surface area contributed by atoms with Crippen LogP contribution in [0.5, 0.6) is 5.75 Å². The van der Waals surface area contributed by atoms with Gasteiger partial charge in [-0.25, -0.2) is 0 Å². The molecule has 1 saturated carbocycles. The summed E-state index contributed by atoms with van der Waals surface area (Å²) in [6, 6.07) is 5.79. The lowest BCUT2D eigenvalue weighted by molar-refractivity contribution is -0.0968. The molecule has 0 aromatic heterocycles. The number of rotatable bonds is 2. The number of nitrogens with zero attached hydrogens (tertiary/aromatic N) is 1. The highest BCUT2D eigenvalue weighted by Crippen LogP contribution is 2.40. The molecule has 2 atom stereocenters. The Kier molecular flexibility index (Phi) is 3.74. The molecule has 3 heteroatoms. The number of piperidine rings is 1. The van der Waals surface area contributed by atoms with E-state index >= 15 is 0 Å². The Labute approximate surface area is 121 Å². The van der Waals surface area contributed by atoms with Crippen LogP contribution in [0.2, 0.25) is 0 Å². The monoisotopic (exact) mass is 275 g/mol. The van der Waals surface area contributed by atoms with E-state index in [1.165, 1.54) is 18.4 Å². The van der Waals surface area contributed by atoms with Crippen LogP contribution in [0.3, 0.4) is 0 Å². The van der Waals surface area contributed by atoms with Crippen molar-refractivity contribution >= 4 is 0 Å². The van der Waals surface area contributed by atoms with Gasteiger partial charge in [0, 0.05) is 31.1 Å². The van der Waals surface area contributed by atoms with Crippen LogP contribution < -0.4 is 0 Å². The van der Waals surface area contributed by atoms with Gasteiger partial charge in [0.05, 0.1) is 5.60 Å². The van der Waals surface area contributed by atoms with Crippen molar-refractivity contribution in [3.63, 3.8) is 0 Å². The van der Waals surface area contributed by atoms with Gasteiger partial charge in [-0.1, -0.05) is 30.5 Å². The highest BCUT2D eigenvalue weighted by Gasteiger charge is 2.42. The predicted molar refractivity (Wildman–Crippen MR) is 79.6 cm³/mol. The molecule has 3 nitrogen and oxygen atoms in total. The maximum Gasteiger partial charge on any atom is 0.120 e. The lowest BCUT2D eigenvalue weighted by atomic mass is 9.71. The number of benzene rings is 1. The molecule has 0 radical (unpaired) electrons. The lowest BCUT2D eigenvalue weighted by Crippen LogP contribution is -2.52. The summed E-state index contributed by atoms with van der Waals surface area (Å²) in [6.45, 7) is 4.74. The van der Waals surface area contributed by atoms with Crippen molar-refractivity contribution in [2.24, 2.45) is 5.92 Å². The summed E-state index contributed by atoms with van der Waals surface area (Å²) in [4.78, 5) is 2.39. The largest absolute Gasteiger partial charge is 0.508 e. The first kappa shape index (κ1) is 13.9. The van der Waals surface area contributed by atoms with Gasteiger partial charge in [-0.15, -0.1) is 0 Å². The van der Waals surface area contributed by atoms with Crippen LogP contribution in [0.25, 0.3) is 0 Å². The normalized spacial score (nSPS) is 31.0. The van der Waals surface area contributed by atoms with Crippen molar-refractivity contribution in [3.05, 3.63) is 29.3 Å². The van der Waals surface area contributed by atoms with Gasteiger partial charge in [0.2, 0.25) is 0 Å². The Bertz CT molecular complexity index is 488. The lowest BCUT2D eigenvalue weighted by Gasteiger charge is -2.47. The third-order valence-electron chi connectivity index (χ3n) is 5.14. The number of aromatic hydroxyl groups is 1. The standard InChI is InChI=1S/C17H25NO2/c1-13-5-6-16(19)14(10-13)11-18-9-8-17(20)7-3-2-4-15(17)12-18/h5-6,10,15,19-20H,2-4,7-9,11-12H2,1H3. The number of hydrogen-bond donors (Lipinski definition) is 2. The number of aryl methyl sites for hydroxylation is 1. The zero-order valence-corrected chi connectivity index (χ0v) is 12.3. The van der Waals surface area contributed by atoms with Crippen LogP contribution >= 0.6 is 0 Å². The van der Waals surface area contributed by atoms with E-state index in [2.05, 4.69) is 17.9 Å². The molecule has 0 bridgehead atoms. The second-order valence-corrected chi connectivity index (χ2v) is 6.66. The molecule has 1 aliphatic heterocycles. The van der Waals surface area contributed by atoms with Crippen LogP contribution in [0, 0.1) is 12.8 Å². The summed E-state index contributed by atoms with van der Waals surface area (Å²) in [5, 5.41) is 20.7. The molecule has 1 heterocycles. The molecule has 1 aromatic carbocycles. The molecule has 3 rings (SSSR count). The van der Waals surface area contributed by atoms with E-state index in [0.29, 0.717) is 11.7 Å². The molecule has 0 spiro atoms. The molecule has 20 heavy (non-hydrogen) atoms. The van der Waals surface area contributed by atoms with Gasteiger partial charge < -0.3 is 10.2 Å². The Morgan fingerprint density at radius 3 is 3.00 bits per heavy atom. The van der Waals surface area contributed by atoms with Gasteiger partial charge in [0.25, 0.3) is 0 Å². The molecule has 2 N–H and O–H groups in total. The van der Waals surface area contributed by atoms with Crippen LogP contribution in [0.4, 0.5) is 0 Å². The van der Waals surface area contributed by atoms with Crippen molar-refractivity contribution in [2.75, 3.05) is 13.1 Å². The predicted octanol–water partition coefficient (Wildman–Crippen LogP) is 2.83. The fourth-order valence-electron chi connectivity index (χ4n) is 3.87. The number of fused-ring (bicyclic) bond motifs is 1. The molecule has 2 aliphatic rings. The van der Waals surface area contributed by atoms with Crippen molar-refractivity contribution in [1.29, 1.82) is 0 Å². The third kappa shape index (κ3) is 2.70. The van der Waals surface area contributed by atoms with Crippen LogP contribution in [0.1, 0.15) is 43.2 Å². The minimum Gasteiger partial charge on any atom is -0.508 e. The average molecular weight is 275 g/mol. The van der Waals surface area contributed by atoms with Gasteiger partial charge in [-0.05, 0) is 32.3 Å². The summed E-state index contributed by atoms with van der Waals surface area (Å²) >= 11 is 0. The molecule has 1 saturated heterocycles. The first-order valence-electron chi connectivity index (χ1n) is 7.80. The first-order valence-corrected chi connectivity index (χ1v) is 7.80. The van der Waals surface area contributed by atoms with Gasteiger partial charge in [0.1, 0.15) is 5.75 Å². The zero-order chi connectivity index (χ0) is 14.2. The van der Waals surface area contributed by atoms with Crippen molar-refractivity contribution in [3.8, 4) is 5.75 Å². The Morgan fingerprint density at radius 2 is 2.15 bits per heavy atom. The molecule has 1 aliphatic carbocycles. The summed E-state index contributed by atoms with van der Waals surface area (Å²) in [5.41, 5.74) is 1.78. The minimum absolute atomic E-state index is 0.389. The van der Waals surface area contributed by atoms with Gasteiger partial charge in [-0.3, -0.25) is 4.90 Å². The van der Waals surface area contributed by atoms with E-state index in [1.54, 1.807) is 6.07 Å². The SMILES string of the molecule is Cc1ccc(O)c(CN2CCC3(O)CCCCC3C2)c1. The summed E-state index contributed by atoms with van der Waals surface area (Å²) in [5.74, 6) is 0.803. The maximum absolute atomic E-state index is 10.7. The third-order valence-corrected chi connectivity index (χ3v) is 5.14. The molecule has 2 fully saturated rings. The molecule has 2 unspecified atom stereocenters. The van der Waals surface area contributed by atoms with Crippen molar-refractivity contribution < 1.29 is 10.2 Å². The fourth-order valence-corrected chi connectivity index (χ4v) is 3.87. The van der Waals surface area contributed by atoms with Crippen LogP contribution in [-0.4, -0.2) is 33.8 Å². The number of phenolic OH excluding ortho intramolecular Hbond substituents is 1. The van der Waals surface area contributed by atoms with Gasteiger partial charge in [-0.2, -0.15) is 0 Å². The second-order valence-electron chi connectivity index (χ2n) is 6.66. The smallest absolute Gasteiger partial charge is 0.120 e. The van der Waals surface area contributed by atoms with Crippen molar-refractivity contribution in [2.45, 2.75) is 51.2 Å². The summed E-state index contributed by atoms with van der Waals surface area (Å²) < 4.78 is 0. The van der Waals surface area contributed by atoms with E-state index in [9.17, 15) is 10.2 Å². The van der Waals surface area contributed by atoms with Crippen LogP contribution in [-0.2, 0) is 6.54 Å². The highest BCUT2D eigenvalue weighted by atomic mass is 16.3. The van der Waals surface area contributed by atoms with E-state index in [4.69, 9.17) is 0 Å². The molecular weight excluding hydrogens is 250 g/mol.